The zero-order valence-electron chi connectivity index (χ0n) is 11.7. The maximum absolute atomic E-state index is 5.89. The van der Waals surface area contributed by atoms with Crippen LogP contribution in [-0.4, -0.2) is 31.9 Å². The van der Waals surface area contributed by atoms with Gasteiger partial charge in [-0.15, -0.1) is 0 Å². The molecule has 1 heterocycles. The van der Waals surface area contributed by atoms with E-state index in [2.05, 4.69) is 30.4 Å². The molecule has 0 radical (unpaired) electrons. The highest BCUT2D eigenvalue weighted by Crippen LogP contribution is 2.25. The molecule has 0 saturated carbocycles. The van der Waals surface area contributed by atoms with Gasteiger partial charge >= 0.3 is 0 Å². The van der Waals surface area contributed by atoms with E-state index in [1.807, 2.05) is 0 Å². The SMILES string of the molecule is CC1CNCC(COc2ccc3c(c2)CCCC3)O1. The Bertz CT molecular complexity index is 433. The Morgan fingerprint density at radius 1 is 1.21 bits per heavy atom. The lowest BCUT2D eigenvalue weighted by molar-refractivity contribution is -0.0470. The van der Waals surface area contributed by atoms with Gasteiger partial charge in [0.1, 0.15) is 18.5 Å². The van der Waals surface area contributed by atoms with E-state index in [1.54, 1.807) is 0 Å². The van der Waals surface area contributed by atoms with Crippen LogP contribution >= 0.6 is 0 Å². The van der Waals surface area contributed by atoms with E-state index in [-0.39, 0.29) is 12.2 Å². The molecule has 1 aliphatic heterocycles. The van der Waals surface area contributed by atoms with Gasteiger partial charge < -0.3 is 14.8 Å². The molecule has 0 bridgehead atoms. The van der Waals surface area contributed by atoms with Crippen molar-refractivity contribution in [1.29, 1.82) is 0 Å². The first-order valence-electron chi connectivity index (χ1n) is 7.42. The van der Waals surface area contributed by atoms with Gasteiger partial charge in [-0.1, -0.05) is 6.07 Å². The van der Waals surface area contributed by atoms with Gasteiger partial charge in [-0.25, -0.2) is 0 Å². The average Bonchev–Trinajstić information content (AvgIpc) is 2.45. The number of hydrogen-bond donors (Lipinski definition) is 1. The van der Waals surface area contributed by atoms with Crippen LogP contribution in [0.3, 0.4) is 0 Å². The lowest BCUT2D eigenvalue weighted by Gasteiger charge is -2.28. The minimum absolute atomic E-state index is 0.166. The molecule has 1 aromatic rings. The number of morpholine rings is 1. The van der Waals surface area contributed by atoms with E-state index < -0.39 is 0 Å². The molecule has 2 unspecified atom stereocenters. The van der Waals surface area contributed by atoms with E-state index in [4.69, 9.17) is 9.47 Å². The third-order valence-electron chi connectivity index (χ3n) is 3.98. The summed E-state index contributed by atoms with van der Waals surface area (Å²) in [6.07, 6.45) is 5.51. The van der Waals surface area contributed by atoms with Crippen LogP contribution < -0.4 is 10.1 Å². The highest BCUT2D eigenvalue weighted by molar-refractivity contribution is 5.37. The predicted molar refractivity (Wildman–Crippen MR) is 75.8 cm³/mol. The number of hydrogen-bond acceptors (Lipinski definition) is 3. The third kappa shape index (κ3) is 3.28. The van der Waals surface area contributed by atoms with E-state index in [9.17, 15) is 0 Å². The van der Waals surface area contributed by atoms with Crippen molar-refractivity contribution in [2.24, 2.45) is 0 Å². The maximum atomic E-state index is 5.89. The Morgan fingerprint density at radius 2 is 2.05 bits per heavy atom. The number of ether oxygens (including phenoxy) is 2. The van der Waals surface area contributed by atoms with Crippen molar-refractivity contribution in [2.75, 3.05) is 19.7 Å². The van der Waals surface area contributed by atoms with E-state index in [1.165, 1.54) is 36.8 Å². The number of aryl methyl sites for hydroxylation is 2. The lowest BCUT2D eigenvalue weighted by atomic mass is 9.92. The van der Waals surface area contributed by atoms with E-state index in [0.29, 0.717) is 6.61 Å². The summed E-state index contributed by atoms with van der Waals surface area (Å²) in [5.74, 6) is 0.988. The summed E-state index contributed by atoms with van der Waals surface area (Å²) in [6.45, 7) is 4.55. The third-order valence-corrected chi connectivity index (χ3v) is 3.98. The number of rotatable bonds is 3. The summed E-state index contributed by atoms with van der Waals surface area (Å²) in [4.78, 5) is 0. The lowest BCUT2D eigenvalue weighted by Crippen LogP contribution is -2.45. The molecule has 2 atom stereocenters. The first-order chi connectivity index (χ1) is 9.31. The molecule has 19 heavy (non-hydrogen) atoms. The molecule has 3 rings (SSSR count). The van der Waals surface area contributed by atoms with Crippen LogP contribution in [0.4, 0.5) is 0 Å². The molecule has 3 nitrogen and oxygen atoms in total. The minimum atomic E-state index is 0.166. The number of fused-ring (bicyclic) bond motifs is 1. The molecule has 1 aliphatic carbocycles. The Morgan fingerprint density at radius 3 is 2.89 bits per heavy atom. The first kappa shape index (κ1) is 12.9. The van der Waals surface area contributed by atoms with Crippen molar-refractivity contribution in [3.8, 4) is 5.75 Å². The number of benzene rings is 1. The van der Waals surface area contributed by atoms with Crippen molar-refractivity contribution >= 4 is 0 Å². The molecule has 2 aliphatic rings. The summed E-state index contributed by atoms with van der Waals surface area (Å²) in [6, 6.07) is 6.55. The summed E-state index contributed by atoms with van der Waals surface area (Å²) >= 11 is 0. The summed E-state index contributed by atoms with van der Waals surface area (Å²) in [5, 5.41) is 3.37. The molecular weight excluding hydrogens is 238 g/mol. The Labute approximate surface area is 115 Å². The van der Waals surface area contributed by atoms with E-state index >= 15 is 0 Å². The molecule has 0 aromatic heterocycles. The van der Waals surface area contributed by atoms with Gasteiger partial charge in [0.2, 0.25) is 0 Å². The minimum Gasteiger partial charge on any atom is -0.491 e. The largest absolute Gasteiger partial charge is 0.491 e. The Balaban J connectivity index is 1.57. The van der Waals surface area contributed by atoms with Crippen LogP contribution in [-0.2, 0) is 17.6 Å². The standard InChI is InChI=1S/C16H23NO2/c1-12-9-17-10-16(19-12)11-18-15-7-6-13-4-2-3-5-14(13)8-15/h6-8,12,16-17H,2-5,9-11H2,1H3. The van der Waals surface area contributed by atoms with Crippen LogP contribution in [0.25, 0.3) is 0 Å². The predicted octanol–water partition coefficient (Wildman–Crippen LogP) is 2.32. The van der Waals surface area contributed by atoms with Crippen LogP contribution in [0.1, 0.15) is 30.9 Å². The molecule has 0 amide bonds. The molecule has 1 N–H and O–H groups in total. The molecule has 1 fully saturated rings. The maximum Gasteiger partial charge on any atom is 0.119 e. The smallest absolute Gasteiger partial charge is 0.119 e. The van der Waals surface area contributed by atoms with Crippen LogP contribution in [0, 0.1) is 0 Å². The fourth-order valence-corrected chi connectivity index (χ4v) is 2.96. The molecule has 104 valence electrons. The van der Waals surface area contributed by atoms with Crippen molar-refractivity contribution in [2.45, 2.75) is 44.8 Å². The average molecular weight is 261 g/mol. The van der Waals surface area contributed by atoms with Gasteiger partial charge in [0, 0.05) is 13.1 Å². The zero-order valence-corrected chi connectivity index (χ0v) is 11.7. The summed E-state index contributed by atoms with van der Waals surface area (Å²) in [5.41, 5.74) is 2.97. The highest BCUT2D eigenvalue weighted by Gasteiger charge is 2.19. The van der Waals surface area contributed by atoms with Gasteiger partial charge in [0.25, 0.3) is 0 Å². The second-order valence-electron chi connectivity index (χ2n) is 5.68. The van der Waals surface area contributed by atoms with Crippen LogP contribution in [0.5, 0.6) is 5.75 Å². The Hall–Kier alpha value is -1.06. The zero-order chi connectivity index (χ0) is 13.1. The Kier molecular flexibility index (Phi) is 4.04. The fourth-order valence-electron chi connectivity index (χ4n) is 2.96. The second kappa shape index (κ2) is 5.93. The molecular formula is C16H23NO2. The molecule has 3 heteroatoms. The summed E-state index contributed by atoms with van der Waals surface area (Å²) in [7, 11) is 0. The normalized spacial score (nSPS) is 26.8. The first-order valence-corrected chi connectivity index (χ1v) is 7.42. The second-order valence-corrected chi connectivity index (χ2v) is 5.68. The molecule has 0 spiro atoms. The van der Waals surface area contributed by atoms with Crippen molar-refractivity contribution in [3.63, 3.8) is 0 Å². The molecule has 1 aromatic carbocycles. The van der Waals surface area contributed by atoms with Crippen molar-refractivity contribution in [1.82, 2.24) is 5.32 Å². The topological polar surface area (TPSA) is 30.5 Å². The van der Waals surface area contributed by atoms with Gasteiger partial charge in [0.15, 0.2) is 0 Å². The number of nitrogens with one attached hydrogen (secondary N) is 1. The summed E-state index contributed by atoms with van der Waals surface area (Å²) < 4.78 is 11.7. The van der Waals surface area contributed by atoms with Gasteiger partial charge in [-0.3, -0.25) is 0 Å². The van der Waals surface area contributed by atoms with Crippen LogP contribution in [0.15, 0.2) is 18.2 Å². The molecule has 1 saturated heterocycles. The van der Waals surface area contributed by atoms with Gasteiger partial charge in [-0.2, -0.15) is 0 Å². The highest BCUT2D eigenvalue weighted by atomic mass is 16.5. The monoisotopic (exact) mass is 261 g/mol. The van der Waals surface area contributed by atoms with Crippen LogP contribution in [0.2, 0.25) is 0 Å². The van der Waals surface area contributed by atoms with Crippen molar-refractivity contribution < 1.29 is 9.47 Å². The quantitative estimate of drug-likeness (QED) is 0.906. The van der Waals surface area contributed by atoms with Gasteiger partial charge in [-0.05, 0) is 55.9 Å². The van der Waals surface area contributed by atoms with Gasteiger partial charge in [0.05, 0.1) is 6.10 Å². The fraction of sp³-hybridized carbons (Fsp3) is 0.625. The van der Waals surface area contributed by atoms with Crippen molar-refractivity contribution in [3.05, 3.63) is 29.3 Å². The van der Waals surface area contributed by atoms with E-state index in [0.717, 1.165) is 18.8 Å².